The lowest BCUT2D eigenvalue weighted by atomic mass is 9.87. The Labute approximate surface area is 116 Å². The largest absolute Gasteiger partial charge is 0.496 e. The van der Waals surface area contributed by atoms with Crippen molar-refractivity contribution in [1.29, 1.82) is 0 Å². The van der Waals surface area contributed by atoms with Gasteiger partial charge in [-0.1, -0.05) is 0 Å². The molecule has 0 saturated carbocycles. The first-order chi connectivity index (χ1) is 8.77. The van der Waals surface area contributed by atoms with Gasteiger partial charge in [-0.2, -0.15) is 0 Å². The van der Waals surface area contributed by atoms with Crippen molar-refractivity contribution in [3.63, 3.8) is 0 Å². The van der Waals surface area contributed by atoms with Gasteiger partial charge in [0.05, 0.1) is 20.3 Å². The summed E-state index contributed by atoms with van der Waals surface area (Å²) in [7, 11) is 5.27. The van der Waals surface area contributed by atoms with E-state index in [0.29, 0.717) is 0 Å². The number of hydrogen-bond donors (Lipinski definition) is 2. The normalized spacial score (nSPS) is 13.3. The third-order valence-electron chi connectivity index (χ3n) is 3.59. The Hall–Kier alpha value is -1.26. The van der Waals surface area contributed by atoms with E-state index in [9.17, 15) is 0 Å². The fourth-order valence-corrected chi connectivity index (χ4v) is 2.51. The van der Waals surface area contributed by atoms with Crippen LogP contribution in [-0.2, 0) is 0 Å². The van der Waals surface area contributed by atoms with Crippen LogP contribution in [0.5, 0.6) is 11.5 Å². The Morgan fingerprint density at radius 3 is 2.11 bits per heavy atom. The van der Waals surface area contributed by atoms with E-state index < -0.39 is 5.54 Å². The molecule has 3 N–H and O–H groups in total. The van der Waals surface area contributed by atoms with Crippen LogP contribution in [0.3, 0.4) is 0 Å². The molecule has 0 amide bonds. The number of nitrogens with one attached hydrogen (secondary N) is 1. The molecule has 0 aliphatic carbocycles. The van der Waals surface area contributed by atoms with Crippen LogP contribution in [0.15, 0.2) is 6.07 Å². The van der Waals surface area contributed by atoms with E-state index in [-0.39, 0.29) is 6.04 Å². The van der Waals surface area contributed by atoms with Crippen molar-refractivity contribution in [3.05, 3.63) is 22.8 Å². The van der Waals surface area contributed by atoms with Crippen molar-refractivity contribution in [2.24, 2.45) is 5.73 Å². The summed E-state index contributed by atoms with van der Waals surface area (Å²) in [6.07, 6.45) is 0. The molecule has 108 valence electrons. The Bertz CT molecular complexity index is 450. The summed E-state index contributed by atoms with van der Waals surface area (Å²) in [6.45, 7) is 8.06. The number of hydrogen-bond acceptors (Lipinski definition) is 4. The average Bonchev–Trinajstić information content (AvgIpc) is 2.32. The summed E-state index contributed by atoms with van der Waals surface area (Å²) in [5, 5.41) is 3.27. The SMILES string of the molecule is CNC(c1cc(OC)c(C)c(C)c1OC)C(C)(C)N. The molecule has 0 radical (unpaired) electrons. The molecule has 4 nitrogen and oxygen atoms in total. The van der Waals surface area contributed by atoms with Crippen LogP contribution in [0.2, 0.25) is 0 Å². The van der Waals surface area contributed by atoms with Gasteiger partial charge in [0.15, 0.2) is 0 Å². The summed E-state index contributed by atoms with van der Waals surface area (Å²) in [4.78, 5) is 0. The molecule has 1 aromatic rings. The van der Waals surface area contributed by atoms with E-state index in [1.54, 1.807) is 14.2 Å². The van der Waals surface area contributed by atoms with Crippen LogP contribution in [0.25, 0.3) is 0 Å². The Balaban J connectivity index is 3.52. The van der Waals surface area contributed by atoms with E-state index in [2.05, 4.69) is 5.32 Å². The standard InChI is InChI=1S/C15H26N2O2/c1-9-10(2)13(19-7)11(8-12(9)18-6)14(17-5)15(3,4)16/h8,14,17H,16H2,1-7H3. The van der Waals surface area contributed by atoms with Gasteiger partial charge in [-0.25, -0.2) is 0 Å². The predicted octanol–water partition coefficient (Wildman–Crippen LogP) is 2.32. The fourth-order valence-electron chi connectivity index (χ4n) is 2.51. The molecular formula is C15H26N2O2. The molecule has 0 aliphatic heterocycles. The van der Waals surface area contributed by atoms with Gasteiger partial charge in [-0.15, -0.1) is 0 Å². The summed E-state index contributed by atoms with van der Waals surface area (Å²) in [6, 6.07) is 1.99. The Morgan fingerprint density at radius 2 is 1.74 bits per heavy atom. The Kier molecular flexibility index (Phi) is 4.82. The molecule has 19 heavy (non-hydrogen) atoms. The monoisotopic (exact) mass is 266 g/mol. The van der Waals surface area contributed by atoms with Crippen molar-refractivity contribution in [2.75, 3.05) is 21.3 Å². The smallest absolute Gasteiger partial charge is 0.127 e. The summed E-state index contributed by atoms with van der Waals surface area (Å²) in [5.41, 5.74) is 9.06. The molecule has 0 bridgehead atoms. The molecule has 1 unspecified atom stereocenters. The van der Waals surface area contributed by atoms with Crippen molar-refractivity contribution in [3.8, 4) is 11.5 Å². The molecule has 0 fully saturated rings. The molecule has 1 rings (SSSR count). The van der Waals surface area contributed by atoms with E-state index in [1.807, 2.05) is 40.8 Å². The average molecular weight is 266 g/mol. The minimum absolute atomic E-state index is 0.0179. The van der Waals surface area contributed by atoms with Crippen LogP contribution < -0.4 is 20.5 Å². The number of ether oxygens (including phenoxy) is 2. The molecule has 0 aliphatic rings. The first kappa shape index (κ1) is 15.8. The lowest BCUT2D eigenvalue weighted by Crippen LogP contribution is -2.45. The zero-order valence-corrected chi connectivity index (χ0v) is 13.0. The van der Waals surface area contributed by atoms with Gasteiger partial charge in [0.1, 0.15) is 11.5 Å². The lowest BCUT2D eigenvalue weighted by Gasteiger charge is -2.32. The second-order valence-corrected chi connectivity index (χ2v) is 5.49. The van der Waals surface area contributed by atoms with Crippen LogP contribution >= 0.6 is 0 Å². The minimum atomic E-state index is -0.408. The number of methoxy groups -OCH3 is 2. The second-order valence-electron chi connectivity index (χ2n) is 5.49. The maximum Gasteiger partial charge on any atom is 0.127 e. The van der Waals surface area contributed by atoms with Gasteiger partial charge in [0.25, 0.3) is 0 Å². The van der Waals surface area contributed by atoms with Crippen LogP contribution in [0.1, 0.15) is 36.6 Å². The molecule has 0 saturated heterocycles. The van der Waals surface area contributed by atoms with Crippen molar-refractivity contribution in [1.82, 2.24) is 5.32 Å². The van der Waals surface area contributed by atoms with Crippen molar-refractivity contribution >= 4 is 0 Å². The number of rotatable bonds is 5. The topological polar surface area (TPSA) is 56.5 Å². The van der Waals surface area contributed by atoms with Crippen molar-refractivity contribution in [2.45, 2.75) is 39.3 Å². The predicted molar refractivity (Wildman–Crippen MR) is 79.1 cm³/mol. The van der Waals surface area contributed by atoms with Gasteiger partial charge >= 0.3 is 0 Å². The third-order valence-corrected chi connectivity index (χ3v) is 3.59. The van der Waals surface area contributed by atoms with Gasteiger partial charge in [-0.05, 0) is 51.9 Å². The van der Waals surface area contributed by atoms with Crippen molar-refractivity contribution < 1.29 is 9.47 Å². The van der Waals surface area contributed by atoms with E-state index in [1.165, 1.54) is 0 Å². The highest BCUT2D eigenvalue weighted by atomic mass is 16.5. The Morgan fingerprint density at radius 1 is 1.16 bits per heavy atom. The summed E-state index contributed by atoms with van der Waals surface area (Å²) in [5.74, 6) is 1.73. The minimum Gasteiger partial charge on any atom is -0.496 e. The highest BCUT2D eigenvalue weighted by Crippen LogP contribution is 2.39. The first-order valence-electron chi connectivity index (χ1n) is 6.46. The van der Waals surface area contributed by atoms with Gasteiger partial charge in [0.2, 0.25) is 0 Å². The first-order valence-corrected chi connectivity index (χ1v) is 6.46. The van der Waals surface area contributed by atoms with Gasteiger partial charge in [-0.3, -0.25) is 0 Å². The quantitative estimate of drug-likeness (QED) is 0.858. The lowest BCUT2D eigenvalue weighted by molar-refractivity contribution is 0.341. The molecule has 4 heteroatoms. The molecule has 1 aromatic carbocycles. The van der Waals surface area contributed by atoms with E-state index >= 15 is 0 Å². The number of nitrogens with two attached hydrogens (primary N) is 1. The van der Waals surface area contributed by atoms with Crippen LogP contribution in [-0.4, -0.2) is 26.8 Å². The zero-order valence-electron chi connectivity index (χ0n) is 13.0. The maximum atomic E-state index is 6.27. The summed E-state index contributed by atoms with van der Waals surface area (Å²) >= 11 is 0. The van der Waals surface area contributed by atoms with Gasteiger partial charge in [0, 0.05) is 11.1 Å². The zero-order chi connectivity index (χ0) is 14.8. The maximum absolute atomic E-state index is 6.27. The molecule has 0 heterocycles. The fraction of sp³-hybridized carbons (Fsp3) is 0.600. The third kappa shape index (κ3) is 3.01. The number of likely N-dealkylation sites (N-methyl/N-ethyl adjacent to an activating group) is 1. The second kappa shape index (κ2) is 5.80. The highest BCUT2D eigenvalue weighted by molar-refractivity contribution is 5.54. The van der Waals surface area contributed by atoms with Crippen LogP contribution in [0, 0.1) is 13.8 Å². The summed E-state index contributed by atoms with van der Waals surface area (Å²) < 4.78 is 11.0. The van der Waals surface area contributed by atoms with E-state index in [4.69, 9.17) is 15.2 Å². The van der Waals surface area contributed by atoms with E-state index in [0.717, 1.165) is 28.2 Å². The molecule has 0 aromatic heterocycles. The molecule has 0 spiro atoms. The number of benzene rings is 1. The van der Waals surface area contributed by atoms with Gasteiger partial charge < -0.3 is 20.5 Å². The molecule has 1 atom stereocenters. The highest BCUT2D eigenvalue weighted by Gasteiger charge is 2.29. The van der Waals surface area contributed by atoms with Crippen LogP contribution in [0.4, 0.5) is 0 Å². The molecular weight excluding hydrogens is 240 g/mol.